The van der Waals surface area contributed by atoms with Crippen molar-refractivity contribution in [2.75, 3.05) is 0 Å². The lowest BCUT2D eigenvalue weighted by Gasteiger charge is -2.20. The normalized spacial score (nSPS) is 11.7. The second-order valence-corrected chi connectivity index (χ2v) is 7.91. The van der Waals surface area contributed by atoms with Crippen LogP contribution >= 0.6 is 0 Å². The number of aromatic hydroxyl groups is 1. The second-order valence-electron chi connectivity index (χ2n) is 7.91. The molecule has 0 aliphatic heterocycles. The SMILES string of the molecule is CC(C)(C)c1ccc2c(-c3ccccc3)c(-c3ccccc3O)cnc2c1. The summed E-state index contributed by atoms with van der Waals surface area (Å²) in [5.41, 5.74) is 6.26. The predicted octanol–water partition coefficient (Wildman–Crippen LogP) is 6.57. The Morgan fingerprint density at radius 3 is 2.19 bits per heavy atom. The molecule has 1 aromatic heterocycles. The molecule has 0 unspecified atom stereocenters. The van der Waals surface area contributed by atoms with E-state index in [4.69, 9.17) is 4.98 Å². The van der Waals surface area contributed by atoms with Crippen molar-refractivity contribution in [3.8, 4) is 28.0 Å². The second kappa shape index (κ2) is 6.55. The van der Waals surface area contributed by atoms with Crippen LogP contribution in [0, 0.1) is 0 Å². The van der Waals surface area contributed by atoms with Crippen molar-refractivity contribution in [1.82, 2.24) is 4.98 Å². The highest BCUT2D eigenvalue weighted by Gasteiger charge is 2.18. The molecule has 0 atom stereocenters. The summed E-state index contributed by atoms with van der Waals surface area (Å²) in [5, 5.41) is 11.5. The van der Waals surface area contributed by atoms with E-state index >= 15 is 0 Å². The van der Waals surface area contributed by atoms with Gasteiger partial charge >= 0.3 is 0 Å². The molecular formula is C25H23NO. The number of pyridine rings is 1. The highest BCUT2D eigenvalue weighted by molar-refractivity contribution is 6.03. The molecule has 1 heterocycles. The number of hydrogen-bond acceptors (Lipinski definition) is 2. The quantitative estimate of drug-likeness (QED) is 0.442. The minimum Gasteiger partial charge on any atom is -0.507 e. The van der Waals surface area contributed by atoms with Gasteiger partial charge in [-0.1, -0.05) is 81.4 Å². The third kappa shape index (κ3) is 3.19. The molecule has 0 bridgehead atoms. The molecule has 1 N–H and O–H groups in total. The molecule has 0 aliphatic carbocycles. The molecule has 3 aromatic carbocycles. The Kier molecular flexibility index (Phi) is 4.19. The van der Waals surface area contributed by atoms with Crippen LogP contribution < -0.4 is 0 Å². The number of para-hydroxylation sites is 1. The average Bonchev–Trinajstić information content (AvgIpc) is 2.67. The monoisotopic (exact) mass is 353 g/mol. The first kappa shape index (κ1) is 17.3. The van der Waals surface area contributed by atoms with Crippen LogP contribution in [0.2, 0.25) is 0 Å². The summed E-state index contributed by atoms with van der Waals surface area (Å²) >= 11 is 0. The van der Waals surface area contributed by atoms with E-state index in [0.29, 0.717) is 0 Å². The number of nitrogens with zero attached hydrogens (tertiary/aromatic N) is 1. The fraction of sp³-hybridized carbons (Fsp3) is 0.160. The molecule has 2 heteroatoms. The van der Waals surface area contributed by atoms with Gasteiger partial charge in [0.1, 0.15) is 5.75 Å². The van der Waals surface area contributed by atoms with E-state index < -0.39 is 0 Å². The lowest BCUT2D eigenvalue weighted by molar-refractivity contribution is 0.477. The summed E-state index contributed by atoms with van der Waals surface area (Å²) < 4.78 is 0. The molecule has 0 fully saturated rings. The highest BCUT2D eigenvalue weighted by Crippen LogP contribution is 2.40. The summed E-state index contributed by atoms with van der Waals surface area (Å²) in [6.07, 6.45) is 1.88. The smallest absolute Gasteiger partial charge is 0.123 e. The molecule has 0 spiro atoms. The van der Waals surface area contributed by atoms with Crippen molar-refractivity contribution in [3.05, 3.63) is 84.6 Å². The van der Waals surface area contributed by atoms with Crippen molar-refractivity contribution in [1.29, 1.82) is 0 Å². The summed E-state index contributed by atoms with van der Waals surface area (Å²) in [7, 11) is 0. The number of rotatable bonds is 2. The summed E-state index contributed by atoms with van der Waals surface area (Å²) in [6.45, 7) is 6.63. The van der Waals surface area contributed by atoms with Crippen molar-refractivity contribution in [2.24, 2.45) is 0 Å². The van der Waals surface area contributed by atoms with E-state index in [2.05, 4.69) is 51.1 Å². The van der Waals surface area contributed by atoms with E-state index in [1.807, 2.05) is 42.6 Å². The average molecular weight is 353 g/mol. The Morgan fingerprint density at radius 1 is 0.778 bits per heavy atom. The van der Waals surface area contributed by atoms with Gasteiger partial charge in [-0.05, 0) is 28.7 Å². The summed E-state index contributed by atoms with van der Waals surface area (Å²) in [6, 6.07) is 24.3. The van der Waals surface area contributed by atoms with Crippen LogP contribution in [0.15, 0.2) is 79.0 Å². The van der Waals surface area contributed by atoms with Crippen molar-refractivity contribution >= 4 is 10.9 Å². The van der Waals surface area contributed by atoms with Gasteiger partial charge < -0.3 is 5.11 Å². The van der Waals surface area contributed by atoms with Crippen LogP contribution in [-0.4, -0.2) is 10.1 Å². The Hall–Kier alpha value is -3.13. The maximum absolute atomic E-state index is 10.4. The number of aromatic nitrogens is 1. The summed E-state index contributed by atoms with van der Waals surface area (Å²) in [4.78, 5) is 4.75. The lowest BCUT2D eigenvalue weighted by Crippen LogP contribution is -2.10. The zero-order valence-corrected chi connectivity index (χ0v) is 15.9. The minimum atomic E-state index is 0.0686. The number of hydrogen-bond donors (Lipinski definition) is 1. The molecule has 4 rings (SSSR count). The molecule has 27 heavy (non-hydrogen) atoms. The van der Waals surface area contributed by atoms with Gasteiger partial charge in [0, 0.05) is 28.3 Å². The van der Waals surface area contributed by atoms with Gasteiger partial charge in [0.25, 0.3) is 0 Å². The van der Waals surface area contributed by atoms with Gasteiger partial charge in [-0.25, -0.2) is 0 Å². The molecule has 0 aliphatic rings. The zero-order chi connectivity index (χ0) is 19.0. The van der Waals surface area contributed by atoms with E-state index in [1.165, 1.54) is 5.56 Å². The van der Waals surface area contributed by atoms with Gasteiger partial charge in [0.15, 0.2) is 0 Å². The Labute approximate surface area is 160 Å². The van der Waals surface area contributed by atoms with Gasteiger partial charge in [-0.2, -0.15) is 0 Å². The van der Waals surface area contributed by atoms with Gasteiger partial charge in [0.05, 0.1) is 5.52 Å². The number of phenols is 1. The van der Waals surface area contributed by atoms with Gasteiger partial charge in [-0.3, -0.25) is 4.98 Å². The first-order valence-electron chi connectivity index (χ1n) is 9.22. The van der Waals surface area contributed by atoms with Crippen molar-refractivity contribution in [3.63, 3.8) is 0 Å². The molecule has 0 saturated heterocycles. The number of fused-ring (bicyclic) bond motifs is 1. The maximum Gasteiger partial charge on any atom is 0.123 e. The fourth-order valence-corrected chi connectivity index (χ4v) is 3.48. The molecule has 0 saturated carbocycles. The predicted molar refractivity (Wildman–Crippen MR) is 113 cm³/mol. The van der Waals surface area contributed by atoms with Crippen LogP contribution in [0.25, 0.3) is 33.2 Å². The lowest BCUT2D eigenvalue weighted by atomic mass is 9.85. The maximum atomic E-state index is 10.4. The van der Waals surface area contributed by atoms with E-state index in [-0.39, 0.29) is 11.2 Å². The Bertz CT molecular complexity index is 1110. The molecule has 0 radical (unpaired) electrons. The van der Waals surface area contributed by atoms with Gasteiger partial charge in [-0.15, -0.1) is 0 Å². The Balaban J connectivity index is 2.06. The number of benzene rings is 3. The third-order valence-electron chi connectivity index (χ3n) is 4.99. The van der Waals surface area contributed by atoms with Crippen LogP contribution in [0.4, 0.5) is 0 Å². The van der Waals surface area contributed by atoms with Gasteiger partial charge in [0.2, 0.25) is 0 Å². The van der Waals surface area contributed by atoms with E-state index in [0.717, 1.165) is 33.2 Å². The molecular weight excluding hydrogens is 330 g/mol. The van der Waals surface area contributed by atoms with E-state index in [9.17, 15) is 5.11 Å². The Morgan fingerprint density at radius 2 is 1.48 bits per heavy atom. The topological polar surface area (TPSA) is 33.1 Å². The highest BCUT2D eigenvalue weighted by atomic mass is 16.3. The fourth-order valence-electron chi connectivity index (χ4n) is 3.48. The standard InChI is InChI=1S/C25H23NO/c1-25(2,3)18-13-14-20-22(15-18)26-16-21(19-11-7-8-12-23(19)27)24(20)17-9-5-4-6-10-17/h4-16,27H,1-3H3. The van der Waals surface area contributed by atoms with Crippen molar-refractivity contribution in [2.45, 2.75) is 26.2 Å². The first-order chi connectivity index (χ1) is 12.9. The summed E-state index contributed by atoms with van der Waals surface area (Å²) in [5.74, 6) is 0.266. The van der Waals surface area contributed by atoms with Crippen LogP contribution in [0.5, 0.6) is 5.75 Å². The molecule has 4 aromatic rings. The molecule has 134 valence electrons. The van der Waals surface area contributed by atoms with Crippen LogP contribution in [0.1, 0.15) is 26.3 Å². The minimum absolute atomic E-state index is 0.0686. The van der Waals surface area contributed by atoms with Crippen LogP contribution in [-0.2, 0) is 5.41 Å². The molecule has 2 nitrogen and oxygen atoms in total. The first-order valence-corrected chi connectivity index (χ1v) is 9.22. The largest absolute Gasteiger partial charge is 0.507 e. The number of phenolic OH excluding ortho intramolecular Hbond substituents is 1. The molecule has 0 amide bonds. The zero-order valence-electron chi connectivity index (χ0n) is 15.9. The van der Waals surface area contributed by atoms with Crippen molar-refractivity contribution < 1.29 is 5.11 Å². The van der Waals surface area contributed by atoms with Crippen LogP contribution in [0.3, 0.4) is 0 Å². The van der Waals surface area contributed by atoms with E-state index in [1.54, 1.807) is 6.07 Å². The third-order valence-corrected chi connectivity index (χ3v) is 4.99.